The quantitative estimate of drug-likeness (QED) is 0.0816. The third-order valence-corrected chi connectivity index (χ3v) is 6.18. The van der Waals surface area contributed by atoms with Gasteiger partial charge in [0.25, 0.3) is 32.1 Å². The number of hydrogen-bond donors (Lipinski definition) is 6. The van der Waals surface area contributed by atoms with Crippen LogP contribution in [0.2, 0.25) is 0 Å². The third-order valence-electron chi connectivity index (χ3n) is 3.87. The van der Waals surface area contributed by atoms with Crippen molar-refractivity contribution in [3.63, 3.8) is 0 Å². The lowest BCUT2D eigenvalue weighted by Gasteiger charge is -2.15. The van der Waals surface area contributed by atoms with Gasteiger partial charge >= 0.3 is 17.9 Å². The molecule has 196 valence electrons. The lowest BCUT2D eigenvalue weighted by molar-refractivity contribution is -0.140. The number of carboxylic acids is 3. The summed E-state index contributed by atoms with van der Waals surface area (Å²) in [4.78, 5) is 64.9. The number of aliphatic carboxylic acids is 3. The van der Waals surface area contributed by atoms with E-state index in [-0.39, 0.29) is 13.1 Å². The van der Waals surface area contributed by atoms with Crippen molar-refractivity contribution in [1.29, 1.82) is 0 Å². The number of amides is 3. The molecule has 0 bridgehead atoms. The molecule has 2 unspecified atom stereocenters. The largest absolute Gasteiger partial charge is 0.480 e. The zero-order valence-corrected chi connectivity index (χ0v) is 19.0. The van der Waals surface area contributed by atoms with Crippen LogP contribution in [0.15, 0.2) is 24.3 Å². The Hall–Kier alpha value is -3.68. The molecule has 0 saturated heterocycles. The molecule has 1 aliphatic rings. The number of imide groups is 1. The van der Waals surface area contributed by atoms with Gasteiger partial charge in [0, 0.05) is 37.4 Å². The molecule has 17 nitrogen and oxygen atoms in total. The number of carbonyl (C=O) groups excluding carboxylic acids is 3. The van der Waals surface area contributed by atoms with E-state index in [2.05, 4.69) is 5.32 Å². The minimum Gasteiger partial charge on any atom is -0.480 e. The normalized spacial score (nSPS) is 15.3. The van der Waals surface area contributed by atoms with E-state index in [1.807, 2.05) is 0 Å². The van der Waals surface area contributed by atoms with E-state index in [9.17, 15) is 45.6 Å². The van der Waals surface area contributed by atoms with Crippen molar-refractivity contribution in [2.24, 2.45) is 0 Å². The van der Waals surface area contributed by atoms with Crippen LogP contribution in [0.4, 0.5) is 0 Å². The SMILES string of the molecule is O=C(O)/C=C\C(=O)NCCC(C(=O)O)S(=O)(=O)O.O=C(O)C(CCN1C(=O)C=CC1=O)S(=O)(=O)O. The summed E-state index contributed by atoms with van der Waals surface area (Å²) in [5.41, 5.74) is 0. The molecule has 1 aliphatic heterocycles. The summed E-state index contributed by atoms with van der Waals surface area (Å²) in [5.74, 6) is -6.93. The van der Waals surface area contributed by atoms with Gasteiger partial charge in [-0.3, -0.25) is 38.0 Å². The minimum absolute atomic E-state index is 0.348. The van der Waals surface area contributed by atoms with E-state index in [1.165, 1.54) is 0 Å². The van der Waals surface area contributed by atoms with E-state index in [0.29, 0.717) is 17.1 Å². The van der Waals surface area contributed by atoms with Crippen molar-refractivity contribution in [1.82, 2.24) is 10.2 Å². The Morgan fingerprint density at radius 2 is 1.26 bits per heavy atom. The Kier molecular flexibility index (Phi) is 11.9. The molecule has 1 rings (SSSR count). The van der Waals surface area contributed by atoms with Crippen molar-refractivity contribution in [2.45, 2.75) is 23.3 Å². The Labute approximate surface area is 197 Å². The molecule has 6 N–H and O–H groups in total. The van der Waals surface area contributed by atoms with Gasteiger partial charge in [-0.05, 0) is 12.8 Å². The number of nitrogens with zero attached hydrogens (tertiary/aromatic N) is 1. The summed E-state index contributed by atoms with van der Waals surface area (Å²) >= 11 is 0. The highest BCUT2D eigenvalue weighted by atomic mass is 32.2. The van der Waals surface area contributed by atoms with E-state index < -0.39 is 79.2 Å². The van der Waals surface area contributed by atoms with Crippen molar-refractivity contribution in [3.05, 3.63) is 24.3 Å². The van der Waals surface area contributed by atoms with Crippen LogP contribution in [-0.2, 0) is 49.0 Å². The molecule has 0 radical (unpaired) electrons. The van der Waals surface area contributed by atoms with Gasteiger partial charge in [0.05, 0.1) is 0 Å². The van der Waals surface area contributed by atoms with Gasteiger partial charge in [0.2, 0.25) is 5.91 Å². The second-order valence-electron chi connectivity index (χ2n) is 6.39. The summed E-state index contributed by atoms with van der Waals surface area (Å²) < 4.78 is 59.9. The summed E-state index contributed by atoms with van der Waals surface area (Å²) in [6.07, 6.45) is 2.13. The van der Waals surface area contributed by atoms with Crippen LogP contribution >= 0.6 is 0 Å². The molecular formula is C16H20N2O15S2. The first kappa shape index (κ1) is 31.3. The zero-order chi connectivity index (χ0) is 27.6. The molecule has 1 heterocycles. The first-order valence-electron chi connectivity index (χ1n) is 8.98. The topological polar surface area (TPSA) is 287 Å². The lowest BCUT2D eigenvalue weighted by atomic mass is 10.3. The molecule has 35 heavy (non-hydrogen) atoms. The van der Waals surface area contributed by atoms with Crippen LogP contribution in [0, 0.1) is 0 Å². The van der Waals surface area contributed by atoms with E-state index in [0.717, 1.165) is 12.2 Å². The number of carbonyl (C=O) groups is 6. The summed E-state index contributed by atoms with van der Waals surface area (Å²) in [6, 6.07) is 0. The monoisotopic (exact) mass is 544 g/mol. The molecule has 3 amide bonds. The maximum atomic E-state index is 11.1. The fourth-order valence-corrected chi connectivity index (χ4v) is 3.56. The van der Waals surface area contributed by atoms with E-state index in [1.54, 1.807) is 0 Å². The molecule has 0 spiro atoms. The van der Waals surface area contributed by atoms with Gasteiger partial charge in [-0.1, -0.05) is 0 Å². The molecule has 0 fully saturated rings. The van der Waals surface area contributed by atoms with Crippen LogP contribution in [0.3, 0.4) is 0 Å². The summed E-state index contributed by atoms with van der Waals surface area (Å²) in [6.45, 7) is -0.735. The fourth-order valence-electron chi connectivity index (χ4n) is 2.23. The van der Waals surface area contributed by atoms with Crippen LogP contribution < -0.4 is 5.32 Å². The first-order valence-corrected chi connectivity index (χ1v) is 12.0. The third kappa shape index (κ3) is 11.8. The molecular weight excluding hydrogens is 524 g/mol. The van der Waals surface area contributed by atoms with Gasteiger partial charge in [-0.2, -0.15) is 16.8 Å². The second-order valence-corrected chi connectivity index (χ2v) is 9.58. The molecule has 0 aromatic carbocycles. The molecule has 0 aliphatic carbocycles. The van der Waals surface area contributed by atoms with E-state index in [4.69, 9.17) is 24.4 Å². The molecule has 2 atom stereocenters. The smallest absolute Gasteiger partial charge is 0.328 e. The molecule has 0 aromatic heterocycles. The fraction of sp³-hybridized carbons (Fsp3) is 0.375. The average Bonchev–Trinajstić information content (AvgIpc) is 2.99. The number of carboxylic acid groups (broad SMARTS) is 3. The standard InChI is InChI=1S/C8H11NO8S.C8H9NO7S/c10-6(1-2-7(11)12)9-4-3-5(8(13)14)18(15,16)17;10-6-1-2-7(11)9(6)4-3-5(8(12)13)17(14,15)16/h1-2,5H,3-4H2,(H,9,10)(H,11,12)(H,13,14)(H,15,16,17);1-2,5H,3-4H2,(H,12,13)(H,14,15,16)/b2-1-;. The highest BCUT2D eigenvalue weighted by molar-refractivity contribution is 7.87. The number of nitrogens with one attached hydrogen (secondary N) is 1. The predicted octanol–water partition coefficient (Wildman–Crippen LogP) is -2.88. The Balaban J connectivity index is 0.000000661. The van der Waals surface area contributed by atoms with Crippen LogP contribution in [0.5, 0.6) is 0 Å². The highest BCUT2D eigenvalue weighted by Gasteiger charge is 2.33. The van der Waals surface area contributed by atoms with Crippen molar-refractivity contribution in [3.8, 4) is 0 Å². The number of hydrogen-bond acceptors (Lipinski definition) is 10. The minimum atomic E-state index is -4.76. The van der Waals surface area contributed by atoms with Gasteiger partial charge in [-0.15, -0.1) is 0 Å². The second kappa shape index (κ2) is 13.3. The molecule has 0 aromatic rings. The predicted molar refractivity (Wildman–Crippen MR) is 111 cm³/mol. The van der Waals surface area contributed by atoms with Gasteiger partial charge in [0.15, 0.2) is 10.5 Å². The maximum absolute atomic E-state index is 11.1. The van der Waals surface area contributed by atoms with Crippen molar-refractivity contribution in [2.75, 3.05) is 13.1 Å². The van der Waals surface area contributed by atoms with Crippen molar-refractivity contribution >= 4 is 55.9 Å². The lowest BCUT2D eigenvalue weighted by Crippen LogP contribution is -2.37. The zero-order valence-electron chi connectivity index (χ0n) is 17.4. The Bertz CT molecular complexity index is 1120. The van der Waals surface area contributed by atoms with Crippen LogP contribution in [-0.4, -0.2) is 105 Å². The van der Waals surface area contributed by atoms with Gasteiger partial charge in [0.1, 0.15) is 0 Å². The Morgan fingerprint density at radius 3 is 1.63 bits per heavy atom. The van der Waals surface area contributed by atoms with Crippen LogP contribution in [0.25, 0.3) is 0 Å². The van der Waals surface area contributed by atoms with Crippen molar-refractivity contribution < 1.29 is 70.0 Å². The van der Waals surface area contributed by atoms with Gasteiger partial charge < -0.3 is 20.6 Å². The Morgan fingerprint density at radius 1 is 0.829 bits per heavy atom. The summed E-state index contributed by atoms with van der Waals surface area (Å²) in [5, 5.41) is 23.3. The first-order chi connectivity index (χ1) is 15.9. The number of rotatable bonds is 12. The highest BCUT2D eigenvalue weighted by Crippen LogP contribution is 2.10. The summed E-state index contributed by atoms with van der Waals surface area (Å²) in [7, 11) is -9.51. The maximum Gasteiger partial charge on any atom is 0.328 e. The average molecular weight is 544 g/mol. The molecule has 19 heteroatoms. The van der Waals surface area contributed by atoms with E-state index >= 15 is 0 Å². The van der Waals surface area contributed by atoms with Crippen LogP contribution in [0.1, 0.15) is 12.8 Å². The molecule has 0 saturated carbocycles. The van der Waals surface area contributed by atoms with Gasteiger partial charge in [-0.25, -0.2) is 4.79 Å².